The summed E-state index contributed by atoms with van der Waals surface area (Å²) in [4.78, 5) is 23.9. The number of halogens is 1. The van der Waals surface area contributed by atoms with Crippen molar-refractivity contribution in [3.8, 4) is 11.3 Å². The number of hydrogen-bond acceptors (Lipinski definition) is 5. The molecular weight excluding hydrogens is 425 g/mol. The molecule has 0 bridgehead atoms. The Kier molecular flexibility index (Phi) is 7.05. The maximum atomic E-state index is 14.0. The normalized spacial score (nSPS) is 15.5. The third-order valence-corrected chi connectivity index (χ3v) is 6.37. The predicted octanol–water partition coefficient (Wildman–Crippen LogP) is 6.19. The summed E-state index contributed by atoms with van der Waals surface area (Å²) in [7, 11) is 0. The highest BCUT2D eigenvalue weighted by molar-refractivity contribution is 8.13. The molecule has 0 aliphatic carbocycles. The van der Waals surface area contributed by atoms with Crippen LogP contribution in [-0.4, -0.2) is 33.3 Å². The van der Waals surface area contributed by atoms with Crippen molar-refractivity contribution in [1.82, 2.24) is 9.88 Å². The third-order valence-electron chi connectivity index (χ3n) is 5.31. The number of hydrogen-bond donors (Lipinski definition) is 0. The van der Waals surface area contributed by atoms with Crippen molar-refractivity contribution in [2.75, 3.05) is 12.3 Å². The Morgan fingerprint density at radius 1 is 1.22 bits per heavy atom. The van der Waals surface area contributed by atoms with Crippen LogP contribution in [0.5, 0.6) is 0 Å². The van der Waals surface area contributed by atoms with Gasteiger partial charge in [0.1, 0.15) is 5.82 Å². The zero-order valence-electron chi connectivity index (χ0n) is 18.3. The monoisotopic (exact) mass is 451 g/mol. The maximum Gasteiger partial charge on any atom is 0.229 e. The predicted molar refractivity (Wildman–Crippen MR) is 127 cm³/mol. The van der Waals surface area contributed by atoms with E-state index in [1.165, 1.54) is 17.8 Å². The zero-order valence-corrected chi connectivity index (χ0v) is 19.1. The number of carbonyl (C=O) groups is 1. The Morgan fingerprint density at radius 2 is 2.00 bits per heavy atom. The van der Waals surface area contributed by atoms with Gasteiger partial charge in [-0.25, -0.2) is 14.4 Å². The van der Waals surface area contributed by atoms with Crippen LogP contribution in [0, 0.1) is 5.82 Å². The minimum absolute atomic E-state index is 0.0105. The van der Waals surface area contributed by atoms with Crippen molar-refractivity contribution in [3.63, 3.8) is 0 Å². The van der Waals surface area contributed by atoms with Crippen molar-refractivity contribution in [2.24, 2.45) is 4.99 Å². The number of carbonyl (C=O) groups excluding carboxylic acids is 1. The van der Waals surface area contributed by atoms with Gasteiger partial charge in [0.05, 0.1) is 17.4 Å². The Balaban J connectivity index is 1.46. The first-order valence-electron chi connectivity index (χ1n) is 10.8. The van der Waals surface area contributed by atoms with Crippen molar-refractivity contribution in [1.29, 1.82) is 0 Å². The van der Waals surface area contributed by atoms with E-state index in [0.29, 0.717) is 36.1 Å². The molecule has 1 saturated heterocycles. The minimum Gasteiger partial charge on any atom is -0.441 e. The molecule has 0 radical (unpaired) electrons. The van der Waals surface area contributed by atoms with Crippen LogP contribution in [0.1, 0.15) is 44.1 Å². The maximum absolute atomic E-state index is 14.0. The molecule has 166 valence electrons. The zero-order chi connectivity index (χ0) is 22.5. The molecule has 1 aliphatic rings. The van der Waals surface area contributed by atoms with Crippen LogP contribution < -0.4 is 0 Å². The van der Waals surface area contributed by atoms with Crippen LogP contribution >= 0.6 is 11.8 Å². The SMILES string of the molecule is CC(C)c1ccccc1N=C1SCCCN1C(=O)CCc1ncc(-c2ccccc2F)o1. The largest absolute Gasteiger partial charge is 0.441 e. The molecule has 4 rings (SSSR count). The van der Waals surface area contributed by atoms with Crippen LogP contribution in [0.3, 0.4) is 0 Å². The third kappa shape index (κ3) is 5.10. The Bertz CT molecular complexity index is 1130. The summed E-state index contributed by atoms with van der Waals surface area (Å²) in [5, 5.41) is 0.744. The van der Waals surface area contributed by atoms with Gasteiger partial charge in [0.15, 0.2) is 16.8 Å². The number of oxazole rings is 1. The number of benzene rings is 2. The standard InChI is InChI=1S/C25H26FN3O2S/c1-17(2)18-8-4-6-11-21(18)28-25-29(14-7-15-32-25)24(30)13-12-23-27-16-22(31-23)19-9-3-5-10-20(19)26/h3-6,8-11,16-17H,7,12-15H2,1-2H3. The lowest BCUT2D eigenvalue weighted by atomic mass is 10.0. The number of thioether (sulfide) groups is 1. The van der Waals surface area contributed by atoms with Gasteiger partial charge in [0, 0.05) is 25.1 Å². The van der Waals surface area contributed by atoms with Gasteiger partial charge in [0.2, 0.25) is 5.91 Å². The van der Waals surface area contributed by atoms with Gasteiger partial charge in [-0.1, -0.05) is 55.9 Å². The lowest BCUT2D eigenvalue weighted by molar-refractivity contribution is -0.127. The topological polar surface area (TPSA) is 58.7 Å². The highest BCUT2D eigenvalue weighted by atomic mass is 32.2. The van der Waals surface area contributed by atoms with E-state index in [1.54, 1.807) is 34.9 Å². The molecule has 0 N–H and O–H groups in total. The lowest BCUT2D eigenvalue weighted by Crippen LogP contribution is -2.39. The van der Waals surface area contributed by atoms with Crippen LogP contribution in [0.2, 0.25) is 0 Å². The fourth-order valence-electron chi connectivity index (χ4n) is 3.62. The molecule has 0 unspecified atom stereocenters. The van der Waals surface area contributed by atoms with E-state index in [4.69, 9.17) is 9.41 Å². The van der Waals surface area contributed by atoms with E-state index < -0.39 is 0 Å². The average molecular weight is 452 g/mol. The van der Waals surface area contributed by atoms with Gasteiger partial charge in [0.25, 0.3) is 0 Å². The fourth-order valence-corrected chi connectivity index (χ4v) is 4.59. The molecule has 2 aromatic carbocycles. The number of para-hydroxylation sites is 1. The molecule has 0 saturated carbocycles. The van der Waals surface area contributed by atoms with Gasteiger partial charge < -0.3 is 4.42 Å². The highest BCUT2D eigenvalue weighted by Crippen LogP contribution is 2.30. The quantitative estimate of drug-likeness (QED) is 0.448. The van der Waals surface area contributed by atoms with E-state index in [2.05, 4.69) is 24.9 Å². The summed E-state index contributed by atoms with van der Waals surface area (Å²) >= 11 is 1.61. The number of amides is 1. The number of aryl methyl sites for hydroxylation is 1. The first-order chi connectivity index (χ1) is 15.5. The average Bonchev–Trinajstić information content (AvgIpc) is 3.27. The van der Waals surface area contributed by atoms with Gasteiger partial charge in [-0.15, -0.1) is 0 Å². The Morgan fingerprint density at radius 3 is 2.81 bits per heavy atom. The smallest absolute Gasteiger partial charge is 0.229 e. The van der Waals surface area contributed by atoms with Gasteiger partial charge in [-0.3, -0.25) is 9.69 Å². The summed E-state index contributed by atoms with van der Waals surface area (Å²) in [6.07, 6.45) is 3.04. The van der Waals surface area contributed by atoms with E-state index in [1.807, 2.05) is 18.2 Å². The highest BCUT2D eigenvalue weighted by Gasteiger charge is 2.24. The number of nitrogens with zero attached hydrogens (tertiary/aromatic N) is 3. The van der Waals surface area contributed by atoms with E-state index in [0.717, 1.165) is 23.0 Å². The van der Waals surface area contributed by atoms with E-state index in [-0.39, 0.29) is 18.1 Å². The van der Waals surface area contributed by atoms with Crippen molar-refractivity contribution < 1.29 is 13.6 Å². The first kappa shape index (κ1) is 22.3. The number of aromatic nitrogens is 1. The van der Waals surface area contributed by atoms with Gasteiger partial charge >= 0.3 is 0 Å². The molecule has 32 heavy (non-hydrogen) atoms. The van der Waals surface area contributed by atoms with Crippen LogP contribution in [0.4, 0.5) is 10.1 Å². The first-order valence-corrected chi connectivity index (χ1v) is 11.8. The lowest BCUT2D eigenvalue weighted by Gasteiger charge is -2.28. The molecule has 2 heterocycles. The molecule has 3 aromatic rings. The minimum atomic E-state index is -0.362. The van der Waals surface area contributed by atoms with Crippen molar-refractivity contribution >= 4 is 28.5 Å². The van der Waals surface area contributed by atoms with E-state index >= 15 is 0 Å². The molecule has 1 amide bonds. The molecular formula is C25H26FN3O2S. The fraction of sp³-hybridized carbons (Fsp3) is 0.320. The van der Waals surface area contributed by atoms with Crippen molar-refractivity contribution in [2.45, 2.75) is 39.0 Å². The van der Waals surface area contributed by atoms with Crippen LogP contribution in [0.25, 0.3) is 11.3 Å². The van der Waals surface area contributed by atoms with Crippen LogP contribution in [-0.2, 0) is 11.2 Å². The van der Waals surface area contributed by atoms with E-state index in [9.17, 15) is 9.18 Å². The molecule has 1 fully saturated rings. The summed E-state index contributed by atoms with van der Waals surface area (Å²) in [5.41, 5.74) is 2.44. The van der Waals surface area contributed by atoms with Gasteiger partial charge in [-0.05, 0) is 36.1 Å². The van der Waals surface area contributed by atoms with Gasteiger partial charge in [-0.2, -0.15) is 0 Å². The van der Waals surface area contributed by atoms with Crippen LogP contribution in [0.15, 0.2) is 64.1 Å². The molecule has 1 aromatic heterocycles. The molecule has 0 atom stereocenters. The second-order valence-corrected chi connectivity index (χ2v) is 9.02. The summed E-state index contributed by atoms with van der Waals surface area (Å²) in [5.74, 6) is 1.71. The Hall–Kier alpha value is -2.93. The molecule has 1 aliphatic heterocycles. The summed E-state index contributed by atoms with van der Waals surface area (Å²) in [6.45, 7) is 4.93. The number of amidine groups is 1. The summed E-state index contributed by atoms with van der Waals surface area (Å²) in [6, 6.07) is 14.5. The Labute approximate surface area is 191 Å². The number of rotatable bonds is 6. The summed E-state index contributed by atoms with van der Waals surface area (Å²) < 4.78 is 19.7. The second kappa shape index (κ2) is 10.1. The van der Waals surface area contributed by atoms with Crippen molar-refractivity contribution in [3.05, 3.63) is 72.0 Å². The molecule has 5 nitrogen and oxygen atoms in total. The molecule has 7 heteroatoms. The number of aliphatic imine (C=N–C) groups is 1. The second-order valence-electron chi connectivity index (χ2n) is 7.95. The molecule has 0 spiro atoms.